The van der Waals surface area contributed by atoms with E-state index in [2.05, 4.69) is 47.0 Å². The molecule has 3 atom stereocenters. The minimum atomic E-state index is -1.06. The van der Waals surface area contributed by atoms with Crippen LogP contribution in [0.1, 0.15) is 83.1 Å². The second kappa shape index (κ2) is 17.3. The van der Waals surface area contributed by atoms with Crippen LogP contribution in [-0.4, -0.2) is 52.5 Å². The molecule has 1 aliphatic rings. The van der Waals surface area contributed by atoms with Crippen LogP contribution in [-0.2, 0) is 35.9 Å². The largest absolute Gasteiger partial charge is 0.459 e. The van der Waals surface area contributed by atoms with Crippen molar-refractivity contribution in [2.45, 2.75) is 102 Å². The number of carbonyl (C=O) groups excluding carboxylic acids is 3. The Morgan fingerprint density at radius 2 is 1.22 bits per heavy atom. The first-order chi connectivity index (χ1) is 25.7. The molecule has 0 bridgehead atoms. The lowest BCUT2D eigenvalue weighted by Crippen LogP contribution is -2.52. The second-order valence-electron chi connectivity index (χ2n) is 15.5. The first-order valence-corrected chi connectivity index (χ1v) is 18.5. The van der Waals surface area contributed by atoms with Gasteiger partial charge < -0.3 is 24.6 Å². The summed E-state index contributed by atoms with van der Waals surface area (Å²) in [5, 5.41) is 17.5. The van der Waals surface area contributed by atoms with Crippen molar-refractivity contribution in [1.82, 2.24) is 10.6 Å². The fourth-order valence-electron chi connectivity index (χ4n) is 6.65. The minimum absolute atomic E-state index is 0.0348. The van der Waals surface area contributed by atoms with E-state index in [1.165, 1.54) is 0 Å². The Hall–Kier alpha value is -5.25. The first kappa shape index (κ1) is 39.9. The van der Waals surface area contributed by atoms with Gasteiger partial charge in [-0.25, -0.2) is 9.59 Å². The molecule has 1 unspecified atom stereocenters. The van der Waals surface area contributed by atoms with Crippen LogP contribution in [0.5, 0.6) is 0 Å². The summed E-state index contributed by atoms with van der Waals surface area (Å²) < 4.78 is 16.9. The van der Waals surface area contributed by atoms with Crippen molar-refractivity contribution < 1.29 is 33.7 Å². The standard InChI is InChI=1S/C45H52N2O7/c1-43(2,3)53-41(50)39(47-45(32-20-11-8-12-21-32)36-25-15-13-23-34(36)35-24-14-16-26-37(35)45)27-17-22-33(48)28-29-38(46-42(51)54-44(4,5)6)40(49)52-30-31-18-9-7-10-19-31/h7-26,33,38-39,47-48H,27-30H2,1-6H3,(H,46,51)/b22-17+/t33?,38-,39-/m0/s1. The number of hydrogen-bond acceptors (Lipinski definition) is 8. The second-order valence-corrected chi connectivity index (χ2v) is 15.5. The number of amides is 1. The molecule has 0 heterocycles. The Morgan fingerprint density at radius 3 is 1.80 bits per heavy atom. The van der Waals surface area contributed by atoms with E-state index < -0.39 is 53.0 Å². The van der Waals surface area contributed by atoms with Gasteiger partial charge in [-0.1, -0.05) is 121 Å². The predicted molar refractivity (Wildman–Crippen MR) is 209 cm³/mol. The van der Waals surface area contributed by atoms with Gasteiger partial charge in [-0.2, -0.15) is 0 Å². The van der Waals surface area contributed by atoms with Crippen LogP contribution in [0.2, 0.25) is 0 Å². The molecule has 4 aromatic carbocycles. The van der Waals surface area contributed by atoms with Crippen molar-refractivity contribution in [2.75, 3.05) is 0 Å². The third-order valence-corrected chi connectivity index (χ3v) is 8.92. The molecule has 3 N–H and O–H groups in total. The molecule has 9 nitrogen and oxygen atoms in total. The smallest absolute Gasteiger partial charge is 0.408 e. The molecule has 0 spiro atoms. The zero-order valence-corrected chi connectivity index (χ0v) is 32.0. The lowest BCUT2D eigenvalue weighted by molar-refractivity contribution is -0.157. The maximum atomic E-state index is 14.0. The van der Waals surface area contributed by atoms with E-state index in [0.717, 1.165) is 33.4 Å². The number of aliphatic hydroxyl groups excluding tert-OH is 1. The van der Waals surface area contributed by atoms with E-state index in [1.54, 1.807) is 32.9 Å². The van der Waals surface area contributed by atoms with Crippen molar-refractivity contribution in [3.8, 4) is 11.1 Å². The number of carbonyl (C=O) groups is 3. The highest BCUT2D eigenvalue weighted by Gasteiger charge is 2.47. The lowest BCUT2D eigenvalue weighted by atomic mass is 9.79. The molecule has 9 heteroatoms. The molecule has 54 heavy (non-hydrogen) atoms. The topological polar surface area (TPSA) is 123 Å². The summed E-state index contributed by atoms with van der Waals surface area (Å²) in [6.45, 7) is 10.7. The van der Waals surface area contributed by atoms with Gasteiger partial charge in [0.25, 0.3) is 0 Å². The fraction of sp³-hybridized carbons (Fsp3) is 0.356. The number of ether oxygens (including phenoxy) is 3. The van der Waals surface area contributed by atoms with Gasteiger partial charge in [0.15, 0.2) is 0 Å². The van der Waals surface area contributed by atoms with Crippen LogP contribution < -0.4 is 10.6 Å². The number of hydrogen-bond donors (Lipinski definition) is 3. The van der Waals surface area contributed by atoms with Gasteiger partial charge in [0.1, 0.15) is 29.9 Å². The number of rotatable bonds is 14. The molecule has 0 aliphatic heterocycles. The van der Waals surface area contributed by atoms with Crippen LogP contribution in [0, 0.1) is 0 Å². The van der Waals surface area contributed by atoms with E-state index in [4.69, 9.17) is 14.2 Å². The summed E-state index contributed by atoms with van der Waals surface area (Å²) in [6, 6.07) is 33.8. The fourth-order valence-corrected chi connectivity index (χ4v) is 6.65. The summed E-state index contributed by atoms with van der Waals surface area (Å²) in [7, 11) is 0. The number of nitrogens with one attached hydrogen (secondary N) is 2. The molecule has 0 saturated heterocycles. The first-order valence-electron chi connectivity index (χ1n) is 18.5. The number of esters is 2. The monoisotopic (exact) mass is 732 g/mol. The minimum Gasteiger partial charge on any atom is -0.459 e. The molecule has 1 aliphatic carbocycles. The van der Waals surface area contributed by atoms with Crippen molar-refractivity contribution in [3.63, 3.8) is 0 Å². The van der Waals surface area contributed by atoms with Gasteiger partial charge >= 0.3 is 18.0 Å². The summed E-state index contributed by atoms with van der Waals surface area (Å²) in [5.74, 6) is -1.07. The van der Waals surface area contributed by atoms with Gasteiger partial charge in [-0.3, -0.25) is 10.1 Å². The number of fused-ring (bicyclic) bond motifs is 3. The molecule has 0 saturated carbocycles. The van der Waals surface area contributed by atoms with E-state index in [9.17, 15) is 19.5 Å². The van der Waals surface area contributed by atoms with Gasteiger partial charge in [0.05, 0.1) is 11.6 Å². The molecule has 0 aromatic heterocycles. The SMILES string of the molecule is CC(C)(C)OC(=O)N[C@@H](CCC(O)/C=C/C[C@H](NC1(c2ccccc2)c2ccccc2-c2ccccc21)C(=O)OC(C)(C)C)C(=O)OCc1ccccc1. The Labute approximate surface area is 318 Å². The van der Waals surface area contributed by atoms with Gasteiger partial charge in [0.2, 0.25) is 0 Å². The Balaban J connectivity index is 1.36. The normalized spacial score (nSPS) is 15.0. The molecule has 1 amide bonds. The lowest BCUT2D eigenvalue weighted by Gasteiger charge is -2.37. The van der Waals surface area contributed by atoms with Gasteiger partial charge in [0, 0.05) is 0 Å². The Kier molecular flexibility index (Phi) is 12.8. The average Bonchev–Trinajstić information content (AvgIpc) is 3.41. The molecule has 5 rings (SSSR count). The van der Waals surface area contributed by atoms with E-state index in [1.807, 2.05) is 93.6 Å². The van der Waals surface area contributed by atoms with Crippen LogP contribution in [0.25, 0.3) is 11.1 Å². The number of alkyl carbamates (subject to hydrolysis) is 1. The van der Waals surface area contributed by atoms with Crippen LogP contribution in [0.4, 0.5) is 4.79 Å². The summed E-state index contributed by atoms with van der Waals surface area (Å²) in [6.07, 6.45) is 2.00. The van der Waals surface area contributed by atoms with E-state index >= 15 is 0 Å². The maximum Gasteiger partial charge on any atom is 0.408 e. The molecule has 4 aromatic rings. The molecule has 284 valence electrons. The zero-order chi connectivity index (χ0) is 38.9. The van der Waals surface area contributed by atoms with Crippen molar-refractivity contribution in [3.05, 3.63) is 144 Å². The van der Waals surface area contributed by atoms with E-state index in [-0.39, 0.29) is 25.9 Å². The van der Waals surface area contributed by atoms with E-state index in [0.29, 0.717) is 0 Å². The Bertz CT molecular complexity index is 1870. The zero-order valence-electron chi connectivity index (χ0n) is 32.0. The molecular formula is C45H52N2O7. The third-order valence-electron chi connectivity index (χ3n) is 8.92. The highest BCUT2D eigenvalue weighted by molar-refractivity contribution is 5.84. The average molecular weight is 733 g/mol. The van der Waals surface area contributed by atoms with Crippen molar-refractivity contribution in [1.29, 1.82) is 0 Å². The molecule has 0 radical (unpaired) electrons. The predicted octanol–water partition coefficient (Wildman–Crippen LogP) is 7.98. The highest BCUT2D eigenvalue weighted by atomic mass is 16.6. The third kappa shape index (κ3) is 10.2. The summed E-state index contributed by atoms with van der Waals surface area (Å²) in [5.41, 5.74) is 3.60. The van der Waals surface area contributed by atoms with Crippen LogP contribution in [0.3, 0.4) is 0 Å². The van der Waals surface area contributed by atoms with Crippen LogP contribution in [0.15, 0.2) is 121 Å². The van der Waals surface area contributed by atoms with Crippen molar-refractivity contribution in [2.24, 2.45) is 0 Å². The number of benzene rings is 4. The number of aliphatic hydroxyl groups is 1. The van der Waals surface area contributed by atoms with Crippen molar-refractivity contribution >= 4 is 18.0 Å². The highest BCUT2D eigenvalue weighted by Crippen LogP contribution is 2.51. The van der Waals surface area contributed by atoms with Gasteiger partial charge in [-0.05, 0) is 94.2 Å². The molecule has 0 fully saturated rings. The quantitative estimate of drug-likeness (QED) is 0.0678. The van der Waals surface area contributed by atoms with Crippen LogP contribution >= 0.6 is 0 Å². The summed E-state index contributed by atoms with van der Waals surface area (Å²) in [4.78, 5) is 39.8. The maximum absolute atomic E-state index is 14.0. The Morgan fingerprint density at radius 1 is 0.685 bits per heavy atom. The van der Waals surface area contributed by atoms with Gasteiger partial charge in [-0.15, -0.1) is 0 Å². The summed E-state index contributed by atoms with van der Waals surface area (Å²) >= 11 is 0. The molecular weight excluding hydrogens is 681 g/mol.